The summed E-state index contributed by atoms with van der Waals surface area (Å²) in [6.45, 7) is 2.18. The Morgan fingerprint density at radius 1 is 1.52 bits per heavy atom. The number of nitriles is 1. The highest BCUT2D eigenvalue weighted by Crippen LogP contribution is 2.40. The van der Waals surface area contributed by atoms with Crippen LogP contribution in [0.4, 0.5) is 10.7 Å². The Labute approximate surface area is 161 Å². The summed E-state index contributed by atoms with van der Waals surface area (Å²) in [5.74, 6) is 0.281. The molecule has 0 radical (unpaired) electrons. The number of carbonyl (C=O) groups excluding carboxylic acids is 1. The molecule has 0 bridgehead atoms. The summed E-state index contributed by atoms with van der Waals surface area (Å²) in [6.07, 6.45) is 6.89. The van der Waals surface area contributed by atoms with Crippen LogP contribution < -0.4 is 5.32 Å². The monoisotopic (exact) mass is 381 g/mol. The number of thiophene rings is 1. The number of fused-ring (bicyclic) bond motifs is 1. The van der Waals surface area contributed by atoms with Crippen molar-refractivity contribution in [1.29, 1.82) is 5.26 Å². The van der Waals surface area contributed by atoms with Crippen molar-refractivity contribution in [3.8, 4) is 6.07 Å². The summed E-state index contributed by atoms with van der Waals surface area (Å²) < 4.78 is 0. The maximum atomic E-state index is 12.3. The number of amides is 1. The van der Waals surface area contributed by atoms with Gasteiger partial charge in [0.05, 0.1) is 10.5 Å². The number of hydrogen-bond donors (Lipinski definition) is 1. The van der Waals surface area contributed by atoms with E-state index in [0.717, 1.165) is 31.2 Å². The molecule has 0 saturated heterocycles. The zero-order valence-corrected chi connectivity index (χ0v) is 15.7. The van der Waals surface area contributed by atoms with E-state index >= 15 is 0 Å². The Morgan fingerprint density at radius 2 is 2.33 bits per heavy atom. The van der Waals surface area contributed by atoms with Crippen molar-refractivity contribution in [3.63, 3.8) is 0 Å². The van der Waals surface area contributed by atoms with Gasteiger partial charge in [0.15, 0.2) is 0 Å². The molecule has 1 aliphatic carbocycles. The van der Waals surface area contributed by atoms with Crippen molar-refractivity contribution >= 4 is 34.0 Å². The molecule has 0 saturated carbocycles. The summed E-state index contributed by atoms with van der Waals surface area (Å²) >= 11 is 1.48. The highest BCUT2D eigenvalue weighted by molar-refractivity contribution is 7.16. The van der Waals surface area contributed by atoms with E-state index in [4.69, 9.17) is 0 Å². The van der Waals surface area contributed by atoms with Gasteiger partial charge >= 0.3 is 0 Å². The fourth-order valence-electron chi connectivity index (χ4n) is 3.28. The smallest absolute Gasteiger partial charge is 0.270 e. The number of carbonyl (C=O) groups is 1. The second kappa shape index (κ2) is 8.14. The maximum absolute atomic E-state index is 12.3. The standard InChI is InChI=1S/C20H19N3O3S/c1-2-13-6-8-16-17(12-21)20(27-18(16)11-13)22-19(24)9-7-14-4-3-5-15(10-14)23(25)26/h3-5,7,9-10,13H,2,6,8,11H2,1H3,(H,22,24). The minimum Gasteiger partial charge on any atom is -0.313 e. The van der Waals surface area contributed by atoms with Crippen LogP contribution in [0.3, 0.4) is 0 Å². The summed E-state index contributed by atoms with van der Waals surface area (Å²) in [6, 6.07) is 8.29. The van der Waals surface area contributed by atoms with Crippen molar-refractivity contribution in [2.45, 2.75) is 32.6 Å². The first kappa shape index (κ1) is 18.8. The third-order valence-electron chi connectivity index (χ3n) is 4.80. The van der Waals surface area contributed by atoms with Gasteiger partial charge in [-0.2, -0.15) is 5.26 Å². The molecule has 2 aromatic rings. The van der Waals surface area contributed by atoms with E-state index in [1.807, 2.05) is 0 Å². The van der Waals surface area contributed by atoms with E-state index in [1.165, 1.54) is 40.5 Å². The van der Waals surface area contributed by atoms with Crippen molar-refractivity contribution in [2.75, 3.05) is 5.32 Å². The molecule has 3 rings (SSSR count). The predicted molar refractivity (Wildman–Crippen MR) is 106 cm³/mol. The minimum atomic E-state index is -0.476. The molecule has 1 N–H and O–H groups in total. The lowest BCUT2D eigenvalue weighted by molar-refractivity contribution is -0.384. The van der Waals surface area contributed by atoms with E-state index in [-0.39, 0.29) is 11.6 Å². The van der Waals surface area contributed by atoms with E-state index < -0.39 is 4.92 Å². The van der Waals surface area contributed by atoms with Crippen LogP contribution in [0.5, 0.6) is 0 Å². The summed E-state index contributed by atoms with van der Waals surface area (Å²) in [5.41, 5.74) is 2.18. The SMILES string of the molecule is CCC1CCc2c(sc(NC(=O)C=Cc3cccc([N+](=O)[O-])c3)c2C#N)C1. The normalized spacial score (nSPS) is 15.9. The number of rotatable bonds is 5. The van der Waals surface area contributed by atoms with Crippen LogP contribution in [0.1, 0.15) is 41.3 Å². The fourth-order valence-corrected chi connectivity index (χ4v) is 4.59. The molecule has 0 spiro atoms. The van der Waals surface area contributed by atoms with Gasteiger partial charge in [-0.15, -0.1) is 11.3 Å². The minimum absolute atomic E-state index is 0.0271. The van der Waals surface area contributed by atoms with Crippen LogP contribution in [0.2, 0.25) is 0 Å². The molecule has 138 valence electrons. The van der Waals surface area contributed by atoms with Gasteiger partial charge in [-0.05, 0) is 42.4 Å². The van der Waals surface area contributed by atoms with Crippen LogP contribution in [-0.4, -0.2) is 10.8 Å². The lowest BCUT2D eigenvalue weighted by Crippen LogP contribution is -2.12. The average molecular weight is 381 g/mol. The lowest BCUT2D eigenvalue weighted by Gasteiger charge is -2.20. The third-order valence-corrected chi connectivity index (χ3v) is 5.97. The molecule has 6 nitrogen and oxygen atoms in total. The second-order valence-electron chi connectivity index (χ2n) is 6.51. The van der Waals surface area contributed by atoms with Gasteiger partial charge in [0.2, 0.25) is 5.91 Å². The Hall–Kier alpha value is -2.98. The zero-order chi connectivity index (χ0) is 19.4. The molecule has 0 fully saturated rings. The van der Waals surface area contributed by atoms with Crippen LogP contribution >= 0.6 is 11.3 Å². The van der Waals surface area contributed by atoms with Gasteiger partial charge in [0, 0.05) is 23.1 Å². The number of nitrogens with one attached hydrogen (secondary N) is 1. The molecular weight excluding hydrogens is 362 g/mol. The quantitative estimate of drug-likeness (QED) is 0.461. The van der Waals surface area contributed by atoms with E-state index in [9.17, 15) is 20.2 Å². The first-order chi connectivity index (χ1) is 13.0. The van der Waals surface area contributed by atoms with Crippen molar-refractivity contribution in [2.24, 2.45) is 5.92 Å². The first-order valence-electron chi connectivity index (χ1n) is 8.80. The summed E-state index contributed by atoms with van der Waals surface area (Å²) in [5, 5.41) is 23.7. The van der Waals surface area contributed by atoms with Gasteiger partial charge in [-0.25, -0.2) is 0 Å². The van der Waals surface area contributed by atoms with Crippen LogP contribution in [0, 0.1) is 27.4 Å². The fraction of sp³-hybridized carbons (Fsp3) is 0.300. The van der Waals surface area contributed by atoms with Gasteiger partial charge in [0.25, 0.3) is 5.69 Å². The molecular formula is C20H19N3O3S. The topological polar surface area (TPSA) is 96.0 Å². The molecule has 1 unspecified atom stereocenters. The van der Waals surface area contributed by atoms with E-state index in [2.05, 4.69) is 18.3 Å². The van der Waals surface area contributed by atoms with Crippen molar-refractivity contribution in [1.82, 2.24) is 0 Å². The molecule has 0 aliphatic heterocycles. The summed E-state index contributed by atoms with van der Waals surface area (Å²) in [4.78, 5) is 23.8. The van der Waals surface area contributed by atoms with Gasteiger partial charge in [-0.3, -0.25) is 14.9 Å². The largest absolute Gasteiger partial charge is 0.313 e. The number of nitro benzene ring substituents is 1. The summed E-state index contributed by atoms with van der Waals surface area (Å²) in [7, 11) is 0. The number of nitro groups is 1. The Balaban J connectivity index is 1.75. The molecule has 27 heavy (non-hydrogen) atoms. The van der Waals surface area contributed by atoms with Crippen LogP contribution in [0.25, 0.3) is 6.08 Å². The number of hydrogen-bond acceptors (Lipinski definition) is 5. The number of nitrogens with zero attached hydrogens (tertiary/aromatic N) is 2. The highest BCUT2D eigenvalue weighted by Gasteiger charge is 2.25. The second-order valence-corrected chi connectivity index (χ2v) is 7.62. The number of non-ortho nitro benzene ring substituents is 1. The number of benzene rings is 1. The Kier molecular flexibility index (Phi) is 5.67. The maximum Gasteiger partial charge on any atom is 0.270 e. The molecule has 1 aromatic heterocycles. The molecule has 1 aliphatic rings. The van der Waals surface area contributed by atoms with E-state index in [1.54, 1.807) is 12.1 Å². The molecule has 7 heteroatoms. The van der Waals surface area contributed by atoms with Crippen molar-refractivity contribution in [3.05, 3.63) is 62.0 Å². The highest BCUT2D eigenvalue weighted by atomic mass is 32.1. The number of anilines is 1. The molecule has 1 heterocycles. The average Bonchev–Trinajstić information content (AvgIpc) is 3.02. The molecule has 1 atom stereocenters. The van der Waals surface area contributed by atoms with Gasteiger partial charge in [0.1, 0.15) is 11.1 Å². The molecule has 1 aromatic carbocycles. The van der Waals surface area contributed by atoms with Gasteiger partial charge < -0.3 is 5.32 Å². The first-order valence-corrected chi connectivity index (χ1v) is 9.61. The Morgan fingerprint density at radius 3 is 3.04 bits per heavy atom. The van der Waals surface area contributed by atoms with Crippen molar-refractivity contribution < 1.29 is 9.72 Å². The predicted octanol–water partition coefficient (Wildman–Crippen LogP) is 4.69. The molecule has 1 amide bonds. The Bertz CT molecular complexity index is 956. The van der Waals surface area contributed by atoms with Gasteiger partial charge in [-0.1, -0.05) is 25.5 Å². The third kappa shape index (κ3) is 4.23. The van der Waals surface area contributed by atoms with E-state index in [0.29, 0.717) is 22.0 Å². The van der Waals surface area contributed by atoms with Crippen LogP contribution in [0.15, 0.2) is 30.3 Å². The lowest BCUT2D eigenvalue weighted by atomic mass is 9.86. The zero-order valence-electron chi connectivity index (χ0n) is 14.9. The van der Waals surface area contributed by atoms with Crippen LogP contribution in [-0.2, 0) is 17.6 Å².